The number of phenols is 1. The Balaban J connectivity index is 2.46. The number of hydrogen-bond donors (Lipinski definition) is 1. The van der Waals surface area contributed by atoms with Gasteiger partial charge in [0.05, 0.1) is 0 Å². The lowest BCUT2D eigenvalue weighted by Crippen LogP contribution is -2.63. The highest BCUT2D eigenvalue weighted by molar-refractivity contribution is 5.68. The summed E-state index contributed by atoms with van der Waals surface area (Å²) in [6, 6.07) is 5.94. The fraction of sp³-hybridized carbons (Fsp3) is 0.500. The van der Waals surface area contributed by atoms with Crippen LogP contribution in [-0.4, -0.2) is 66.3 Å². The highest BCUT2D eigenvalue weighted by Gasteiger charge is 2.53. The van der Waals surface area contributed by atoms with Gasteiger partial charge in [-0.05, 0) is 12.1 Å². The standard InChI is InChI=1S/C20H24O11/c1-10(21)26-9-16-17(27-11(2)22)18(28-12(3)23)19(29-13(4)24)20(31-16)30-15-8-6-5-7-14(15)25/h5-8,16-20,25H,9H2,1-4H3/t16-,17+,18+,19-,20-/m1/s1. The quantitative estimate of drug-likeness (QED) is 0.476. The van der Waals surface area contributed by atoms with Gasteiger partial charge in [-0.15, -0.1) is 0 Å². The minimum Gasteiger partial charge on any atom is -0.504 e. The molecule has 0 aromatic heterocycles. The number of phenolic OH excluding ortho intramolecular Hbond substituents is 1. The van der Waals surface area contributed by atoms with Crippen molar-refractivity contribution in [1.29, 1.82) is 0 Å². The second-order valence-corrected chi connectivity index (χ2v) is 6.65. The van der Waals surface area contributed by atoms with Gasteiger partial charge in [-0.25, -0.2) is 0 Å². The van der Waals surface area contributed by atoms with Gasteiger partial charge < -0.3 is 33.5 Å². The molecule has 0 aliphatic carbocycles. The summed E-state index contributed by atoms with van der Waals surface area (Å²) in [5, 5.41) is 10.0. The van der Waals surface area contributed by atoms with Gasteiger partial charge in [0.15, 0.2) is 23.7 Å². The van der Waals surface area contributed by atoms with Crippen LogP contribution in [0.3, 0.4) is 0 Å². The number of para-hydroxylation sites is 2. The largest absolute Gasteiger partial charge is 0.504 e. The van der Waals surface area contributed by atoms with Crippen LogP contribution >= 0.6 is 0 Å². The fourth-order valence-corrected chi connectivity index (χ4v) is 2.97. The molecule has 0 radical (unpaired) electrons. The van der Waals surface area contributed by atoms with E-state index in [0.29, 0.717) is 0 Å². The van der Waals surface area contributed by atoms with Crippen molar-refractivity contribution in [2.24, 2.45) is 0 Å². The number of carbonyl (C=O) groups is 4. The van der Waals surface area contributed by atoms with Crippen molar-refractivity contribution in [3.8, 4) is 11.5 Å². The smallest absolute Gasteiger partial charge is 0.303 e. The molecule has 1 saturated heterocycles. The van der Waals surface area contributed by atoms with Crippen molar-refractivity contribution in [3.63, 3.8) is 0 Å². The van der Waals surface area contributed by atoms with E-state index in [1.54, 1.807) is 12.1 Å². The number of benzene rings is 1. The molecule has 1 aromatic rings. The second-order valence-electron chi connectivity index (χ2n) is 6.65. The van der Waals surface area contributed by atoms with Crippen LogP contribution in [0.2, 0.25) is 0 Å². The van der Waals surface area contributed by atoms with Crippen molar-refractivity contribution in [2.75, 3.05) is 6.61 Å². The van der Waals surface area contributed by atoms with Gasteiger partial charge in [0.25, 0.3) is 0 Å². The maximum Gasteiger partial charge on any atom is 0.303 e. The Hall–Kier alpha value is -3.34. The summed E-state index contributed by atoms with van der Waals surface area (Å²) in [7, 11) is 0. The monoisotopic (exact) mass is 440 g/mol. The first kappa shape index (κ1) is 23.9. The van der Waals surface area contributed by atoms with Crippen LogP contribution in [0.15, 0.2) is 24.3 Å². The molecule has 0 unspecified atom stereocenters. The van der Waals surface area contributed by atoms with E-state index < -0.39 is 54.6 Å². The summed E-state index contributed by atoms with van der Waals surface area (Å²) in [6.07, 6.45) is -6.56. The first-order valence-corrected chi connectivity index (χ1v) is 9.33. The Kier molecular flexibility index (Phi) is 8.20. The van der Waals surface area contributed by atoms with Gasteiger partial charge in [0.1, 0.15) is 12.7 Å². The van der Waals surface area contributed by atoms with E-state index in [4.69, 9.17) is 28.4 Å². The van der Waals surface area contributed by atoms with Crippen LogP contribution in [0.4, 0.5) is 0 Å². The lowest BCUT2D eigenvalue weighted by Gasteiger charge is -2.43. The summed E-state index contributed by atoms with van der Waals surface area (Å²) in [5.41, 5.74) is 0. The van der Waals surface area contributed by atoms with Gasteiger partial charge in [0.2, 0.25) is 12.4 Å². The predicted octanol–water partition coefficient (Wildman–Crippen LogP) is 0.854. The number of carbonyl (C=O) groups excluding carboxylic acids is 4. The zero-order valence-corrected chi connectivity index (χ0v) is 17.4. The van der Waals surface area contributed by atoms with Crippen LogP contribution in [0, 0.1) is 0 Å². The summed E-state index contributed by atoms with van der Waals surface area (Å²) in [4.78, 5) is 46.5. The van der Waals surface area contributed by atoms with Crippen molar-refractivity contribution in [1.82, 2.24) is 0 Å². The third-order valence-corrected chi connectivity index (χ3v) is 4.06. The van der Waals surface area contributed by atoms with Crippen molar-refractivity contribution in [3.05, 3.63) is 24.3 Å². The van der Waals surface area contributed by atoms with E-state index in [2.05, 4.69) is 0 Å². The summed E-state index contributed by atoms with van der Waals surface area (Å²) in [6.45, 7) is 4.15. The molecule has 1 aliphatic heterocycles. The number of esters is 4. The number of ether oxygens (including phenoxy) is 6. The normalized spacial score (nSPS) is 25.1. The molecular weight excluding hydrogens is 416 g/mol. The van der Waals surface area contributed by atoms with E-state index in [1.807, 2.05) is 0 Å². The van der Waals surface area contributed by atoms with E-state index in [9.17, 15) is 24.3 Å². The van der Waals surface area contributed by atoms with Crippen LogP contribution in [0.5, 0.6) is 11.5 Å². The van der Waals surface area contributed by atoms with Crippen LogP contribution < -0.4 is 4.74 Å². The SMILES string of the molecule is CC(=O)OC[C@H]1O[C@@H](Oc2ccccc2O)[C@H](OC(C)=O)[C@@H](OC(C)=O)[C@H]1OC(C)=O. The molecule has 1 fully saturated rings. The van der Waals surface area contributed by atoms with E-state index in [1.165, 1.54) is 19.1 Å². The zero-order valence-electron chi connectivity index (χ0n) is 17.4. The topological polar surface area (TPSA) is 144 Å². The van der Waals surface area contributed by atoms with Gasteiger partial charge in [-0.3, -0.25) is 19.2 Å². The molecule has 11 nitrogen and oxygen atoms in total. The predicted molar refractivity (Wildman–Crippen MR) is 101 cm³/mol. The zero-order chi connectivity index (χ0) is 23.1. The van der Waals surface area contributed by atoms with Crippen LogP contribution in [-0.2, 0) is 42.9 Å². The minimum absolute atomic E-state index is 0.0107. The Morgan fingerprint density at radius 1 is 0.839 bits per heavy atom. The van der Waals surface area contributed by atoms with Crippen LogP contribution in [0.1, 0.15) is 27.7 Å². The first-order chi connectivity index (χ1) is 14.6. The fourth-order valence-electron chi connectivity index (χ4n) is 2.97. The molecule has 170 valence electrons. The average molecular weight is 440 g/mol. The Labute approximate surface area is 178 Å². The summed E-state index contributed by atoms with van der Waals surface area (Å²) in [5.74, 6) is -3.11. The van der Waals surface area contributed by atoms with Gasteiger partial charge >= 0.3 is 23.9 Å². The molecule has 31 heavy (non-hydrogen) atoms. The molecule has 2 rings (SSSR count). The van der Waals surface area contributed by atoms with E-state index in [-0.39, 0.29) is 18.1 Å². The number of aromatic hydroxyl groups is 1. The maximum absolute atomic E-state index is 11.8. The van der Waals surface area contributed by atoms with Gasteiger partial charge in [0, 0.05) is 27.7 Å². The average Bonchev–Trinajstić information content (AvgIpc) is 2.65. The summed E-state index contributed by atoms with van der Waals surface area (Å²) >= 11 is 0. The molecule has 1 aromatic carbocycles. The number of rotatable bonds is 7. The Morgan fingerprint density at radius 3 is 1.94 bits per heavy atom. The third-order valence-electron chi connectivity index (χ3n) is 4.06. The Bertz CT molecular complexity index is 821. The lowest BCUT2D eigenvalue weighted by atomic mass is 9.98. The van der Waals surface area contributed by atoms with Gasteiger partial charge in [-0.1, -0.05) is 12.1 Å². The molecule has 0 bridgehead atoms. The minimum atomic E-state index is -1.41. The number of hydrogen-bond acceptors (Lipinski definition) is 11. The highest BCUT2D eigenvalue weighted by Crippen LogP contribution is 2.33. The molecule has 5 atom stereocenters. The molecule has 0 amide bonds. The molecule has 1 aliphatic rings. The molecule has 0 saturated carbocycles. The first-order valence-electron chi connectivity index (χ1n) is 9.33. The maximum atomic E-state index is 11.8. The van der Waals surface area contributed by atoms with Crippen molar-refractivity contribution in [2.45, 2.75) is 58.4 Å². The van der Waals surface area contributed by atoms with Gasteiger partial charge in [-0.2, -0.15) is 0 Å². The van der Waals surface area contributed by atoms with Crippen molar-refractivity contribution >= 4 is 23.9 Å². The second kappa shape index (κ2) is 10.6. The summed E-state index contributed by atoms with van der Waals surface area (Å²) < 4.78 is 32.3. The molecular formula is C20H24O11. The highest BCUT2D eigenvalue weighted by atomic mass is 16.7. The third kappa shape index (κ3) is 6.85. The molecule has 11 heteroatoms. The van der Waals surface area contributed by atoms with E-state index >= 15 is 0 Å². The van der Waals surface area contributed by atoms with Crippen LogP contribution in [0.25, 0.3) is 0 Å². The van der Waals surface area contributed by atoms with Crippen molar-refractivity contribution < 1.29 is 52.7 Å². The molecule has 1 heterocycles. The molecule has 1 N–H and O–H groups in total. The lowest BCUT2D eigenvalue weighted by molar-refractivity contribution is -0.288. The Morgan fingerprint density at radius 2 is 1.39 bits per heavy atom. The van der Waals surface area contributed by atoms with E-state index in [0.717, 1.165) is 20.8 Å². The molecule has 0 spiro atoms.